The van der Waals surface area contributed by atoms with Gasteiger partial charge in [-0.25, -0.2) is 21.8 Å². The van der Waals surface area contributed by atoms with Crippen LogP contribution in [0.4, 0.5) is 5.13 Å². The average molecular weight is 473 g/mol. The van der Waals surface area contributed by atoms with E-state index in [-0.39, 0.29) is 25.1 Å². The van der Waals surface area contributed by atoms with Gasteiger partial charge in [0.2, 0.25) is 9.84 Å². The van der Waals surface area contributed by atoms with Gasteiger partial charge in [0.25, 0.3) is 10.0 Å². The molecule has 0 spiro atoms. The molecule has 1 N–H and O–H groups in total. The molecule has 0 radical (unpaired) electrons. The zero-order valence-electron chi connectivity index (χ0n) is 15.1. The molecule has 8 nitrogen and oxygen atoms in total. The Morgan fingerprint density at radius 3 is 2.45 bits per heavy atom. The van der Waals surface area contributed by atoms with Gasteiger partial charge in [0.05, 0.1) is 17.2 Å². The Hall–Kier alpha value is -2.28. The van der Waals surface area contributed by atoms with Crippen molar-refractivity contribution in [2.75, 3.05) is 11.3 Å². The summed E-state index contributed by atoms with van der Waals surface area (Å²) in [7, 11) is -7.78. The van der Waals surface area contributed by atoms with Gasteiger partial charge in [0, 0.05) is 18.7 Å². The Kier molecular flexibility index (Phi) is 6.36. The molecule has 0 saturated carbocycles. The molecule has 2 aromatic heterocycles. The summed E-state index contributed by atoms with van der Waals surface area (Å²) in [4.78, 5) is 15.0. The van der Waals surface area contributed by atoms with Crippen LogP contribution in [0.1, 0.15) is 12.6 Å². The minimum absolute atomic E-state index is 0.0646. The molecule has 0 aliphatic heterocycles. The number of rotatable bonds is 8. The van der Waals surface area contributed by atoms with Crippen molar-refractivity contribution in [3.05, 3.63) is 53.5 Å². The number of hydrogen-bond acceptors (Lipinski definition) is 9. The third-order valence-electron chi connectivity index (χ3n) is 3.58. The Bertz CT molecular complexity index is 1210. The minimum atomic E-state index is -3.99. The maximum absolute atomic E-state index is 12.6. The summed E-state index contributed by atoms with van der Waals surface area (Å²) >= 11 is 1.75. The molecule has 0 aliphatic rings. The van der Waals surface area contributed by atoms with Crippen molar-refractivity contribution in [2.24, 2.45) is 0 Å². The van der Waals surface area contributed by atoms with Crippen molar-refractivity contribution in [3.8, 4) is 0 Å². The van der Waals surface area contributed by atoms with Crippen molar-refractivity contribution in [1.29, 1.82) is 0 Å². The molecule has 29 heavy (non-hydrogen) atoms. The molecule has 0 bridgehead atoms. The molecule has 1 aromatic carbocycles. The van der Waals surface area contributed by atoms with Crippen LogP contribution in [0.15, 0.2) is 61.2 Å². The number of aromatic nitrogens is 1. The van der Waals surface area contributed by atoms with Gasteiger partial charge in [-0.3, -0.25) is 9.52 Å². The van der Waals surface area contributed by atoms with Crippen LogP contribution in [0, 0.1) is 0 Å². The summed E-state index contributed by atoms with van der Waals surface area (Å²) in [5.74, 6) is -0.403. The number of sulfonamides is 1. The van der Waals surface area contributed by atoms with Crippen LogP contribution in [0.25, 0.3) is 0 Å². The van der Waals surface area contributed by atoms with E-state index in [1.54, 1.807) is 23.6 Å². The maximum Gasteiger partial charge on any atom is 0.302 e. The number of esters is 1. The normalized spacial score (nSPS) is 11.9. The fraction of sp³-hybridized carbons (Fsp3) is 0.176. The first-order chi connectivity index (χ1) is 13.7. The number of carbonyl (C=O) groups excluding carboxylic acids is 1. The Morgan fingerprint density at radius 2 is 1.76 bits per heavy atom. The molecule has 3 aromatic rings. The van der Waals surface area contributed by atoms with Crippen molar-refractivity contribution < 1.29 is 26.4 Å². The topological polar surface area (TPSA) is 119 Å². The number of thiazole rings is 1. The molecule has 0 unspecified atom stereocenters. The summed E-state index contributed by atoms with van der Waals surface area (Å²) in [6, 6.07) is 10.3. The number of nitrogens with one attached hydrogen (secondary N) is 1. The third kappa shape index (κ3) is 5.21. The van der Waals surface area contributed by atoms with Gasteiger partial charge in [-0.15, -0.1) is 22.7 Å². The lowest BCUT2D eigenvalue weighted by atomic mass is 10.4. The van der Waals surface area contributed by atoms with E-state index in [9.17, 15) is 21.6 Å². The summed E-state index contributed by atoms with van der Waals surface area (Å²) in [6.45, 7) is 1.45. The van der Waals surface area contributed by atoms with Crippen LogP contribution in [-0.4, -0.2) is 34.4 Å². The first-order valence-electron chi connectivity index (χ1n) is 8.19. The molecule has 0 atom stereocenters. The molecule has 0 amide bonds. The molecule has 2 heterocycles. The van der Waals surface area contributed by atoms with Gasteiger partial charge in [0.15, 0.2) is 5.13 Å². The smallest absolute Gasteiger partial charge is 0.302 e. The highest BCUT2D eigenvalue weighted by Crippen LogP contribution is 2.31. The molecule has 154 valence electrons. The zero-order valence-corrected chi connectivity index (χ0v) is 18.3. The SMILES string of the molecule is CC(=O)OCCc1csc(NS(=O)(=O)c2ccc(S(=O)(=O)c3ccccc3)s2)n1. The van der Waals surface area contributed by atoms with Crippen molar-refractivity contribution in [3.63, 3.8) is 0 Å². The number of sulfone groups is 1. The Morgan fingerprint density at radius 1 is 1.07 bits per heavy atom. The summed E-state index contributed by atoms with van der Waals surface area (Å²) in [6.07, 6.45) is 0.357. The van der Waals surface area contributed by atoms with Gasteiger partial charge in [-0.1, -0.05) is 18.2 Å². The van der Waals surface area contributed by atoms with Crippen LogP contribution >= 0.6 is 22.7 Å². The molecule has 0 aliphatic carbocycles. The summed E-state index contributed by atoms with van der Waals surface area (Å²) in [5.41, 5.74) is 0.576. The summed E-state index contributed by atoms with van der Waals surface area (Å²) in [5, 5.41) is 1.80. The van der Waals surface area contributed by atoms with Crippen LogP contribution in [0.5, 0.6) is 0 Å². The van der Waals surface area contributed by atoms with Crippen molar-refractivity contribution in [2.45, 2.75) is 26.7 Å². The van der Waals surface area contributed by atoms with E-state index < -0.39 is 25.8 Å². The van der Waals surface area contributed by atoms with Crippen molar-refractivity contribution >= 4 is 53.6 Å². The van der Waals surface area contributed by atoms with E-state index in [0.717, 1.165) is 11.3 Å². The molecule has 0 fully saturated rings. The number of ether oxygens (including phenoxy) is 1. The predicted octanol–water partition coefficient (Wildman–Crippen LogP) is 2.94. The number of thiophene rings is 1. The van der Waals surface area contributed by atoms with Crippen LogP contribution in [0.3, 0.4) is 0 Å². The van der Waals surface area contributed by atoms with E-state index in [2.05, 4.69) is 9.71 Å². The second-order valence-electron chi connectivity index (χ2n) is 5.73. The van der Waals surface area contributed by atoms with Gasteiger partial charge < -0.3 is 4.74 Å². The van der Waals surface area contributed by atoms with E-state index >= 15 is 0 Å². The van der Waals surface area contributed by atoms with Gasteiger partial charge in [-0.2, -0.15) is 0 Å². The molecule has 0 saturated heterocycles. The highest BCUT2D eigenvalue weighted by molar-refractivity contribution is 7.96. The average Bonchev–Trinajstić information content (AvgIpc) is 3.32. The lowest BCUT2D eigenvalue weighted by Crippen LogP contribution is -2.11. The highest BCUT2D eigenvalue weighted by Gasteiger charge is 2.25. The second kappa shape index (κ2) is 8.61. The molecular weight excluding hydrogens is 456 g/mol. The van der Waals surface area contributed by atoms with E-state index in [4.69, 9.17) is 4.74 Å². The first-order valence-corrected chi connectivity index (χ1v) is 12.9. The quantitative estimate of drug-likeness (QED) is 0.501. The van der Waals surface area contributed by atoms with Crippen molar-refractivity contribution in [1.82, 2.24) is 4.98 Å². The lowest BCUT2D eigenvalue weighted by molar-refractivity contribution is -0.140. The monoisotopic (exact) mass is 472 g/mol. The molecule has 12 heteroatoms. The first kappa shape index (κ1) is 21.4. The van der Waals surface area contributed by atoms with E-state index in [1.165, 1.54) is 31.2 Å². The number of hydrogen-bond donors (Lipinski definition) is 1. The predicted molar refractivity (Wildman–Crippen MR) is 109 cm³/mol. The van der Waals surface area contributed by atoms with Crippen LogP contribution in [-0.2, 0) is 35.8 Å². The maximum atomic E-state index is 12.6. The highest BCUT2D eigenvalue weighted by atomic mass is 32.3. The van der Waals surface area contributed by atoms with E-state index in [0.29, 0.717) is 23.5 Å². The van der Waals surface area contributed by atoms with Gasteiger partial charge >= 0.3 is 5.97 Å². The fourth-order valence-electron chi connectivity index (χ4n) is 2.24. The van der Waals surface area contributed by atoms with Crippen LogP contribution in [0.2, 0.25) is 0 Å². The van der Waals surface area contributed by atoms with Crippen LogP contribution < -0.4 is 4.72 Å². The standard InChI is InChI=1S/C17H16N2O6S4/c1-12(20)25-10-9-13-11-26-17(18-13)19-29(23,24)16-8-7-15(27-16)28(21,22)14-5-3-2-4-6-14/h2-8,11H,9-10H2,1H3,(H,18,19). The van der Waals surface area contributed by atoms with Gasteiger partial charge in [-0.05, 0) is 24.3 Å². The number of benzene rings is 1. The Labute approximate surface area is 176 Å². The largest absolute Gasteiger partial charge is 0.465 e. The minimum Gasteiger partial charge on any atom is -0.465 e. The summed E-state index contributed by atoms with van der Waals surface area (Å²) < 4.78 is 57.4. The number of carbonyl (C=O) groups is 1. The number of anilines is 1. The third-order valence-corrected chi connectivity index (χ3v) is 9.69. The lowest BCUT2D eigenvalue weighted by Gasteiger charge is -2.03. The zero-order chi connectivity index (χ0) is 21.1. The second-order valence-corrected chi connectivity index (χ2v) is 11.8. The Balaban J connectivity index is 1.74. The molecular formula is C17H16N2O6S4. The van der Waals surface area contributed by atoms with E-state index in [1.807, 2.05) is 0 Å². The molecule has 3 rings (SSSR count). The van der Waals surface area contributed by atoms with Gasteiger partial charge in [0.1, 0.15) is 8.42 Å². The number of nitrogens with zero attached hydrogens (tertiary/aromatic N) is 1. The fourth-order valence-corrected chi connectivity index (χ4v) is 7.43.